The van der Waals surface area contributed by atoms with Crippen molar-refractivity contribution in [3.8, 4) is 0 Å². The summed E-state index contributed by atoms with van der Waals surface area (Å²) in [6.07, 6.45) is 0.979. The predicted octanol–water partition coefficient (Wildman–Crippen LogP) is 2.40. The molecule has 0 fully saturated rings. The molecule has 2 rings (SSSR count). The second-order valence-corrected chi connectivity index (χ2v) is 4.21. The van der Waals surface area contributed by atoms with Gasteiger partial charge in [-0.3, -0.25) is 15.5 Å². The van der Waals surface area contributed by atoms with Crippen molar-refractivity contribution >= 4 is 18.2 Å². The van der Waals surface area contributed by atoms with E-state index in [0.717, 1.165) is 5.56 Å². The molecule has 2 N–H and O–H groups in total. The van der Waals surface area contributed by atoms with Gasteiger partial charge in [-0.15, -0.1) is 0 Å². The molecule has 21 heavy (non-hydrogen) atoms. The molecule has 0 bridgehead atoms. The second-order valence-electron chi connectivity index (χ2n) is 4.21. The van der Waals surface area contributed by atoms with Crippen molar-refractivity contribution in [3.05, 3.63) is 71.3 Å². The summed E-state index contributed by atoms with van der Waals surface area (Å²) in [6.45, 7) is 0.113. The topological polar surface area (TPSA) is 79.2 Å². The summed E-state index contributed by atoms with van der Waals surface area (Å²) < 4.78 is 5.00. The molecule has 2 aromatic carbocycles. The number of amides is 1. The van der Waals surface area contributed by atoms with Crippen molar-refractivity contribution in [1.82, 2.24) is 5.32 Å². The fourth-order valence-corrected chi connectivity index (χ4v) is 1.72. The molecular weight excluding hydrogens is 268 g/mol. The smallest absolute Gasteiger partial charge is 0.413 e. The number of alkyl carbamates (subject to hydrolysis) is 1. The van der Waals surface area contributed by atoms with Crippen LogP contribution in [0.25, 0.3) is 0 Å². The number of ether oxygens (including phenoxy) is 1. The minimum absolute atomic E-state index is 0.113. The molecule has 1 radical (unpaired) electrons. The van der Waals surface area contributed by atoms with Crippen molar-refractivity contribution in [2.75, 3.05) is 0 Å². The summed E-state index contributed by atoms with van der Waals surface area (Å²) in [6, 6.07) is 15.6. The van der Waals surface area contributed by atoms with E-state index < -0.39 is 6.09 Å². The highest BCUT2D eigenvalue weighted by molar-refractivity contribution is 6.08. The van der Waals surface area contributed by atoms with E-state index >= 15 is 0 Å². The molecule has 1 amide bonds. The number of carbonyl (C=O) groups excluding carboxylic acids is 2. The van der Waals surface area contributed by atoms with Gasteiger partial charge >= 0.3 is 6.09 Å². The molecule has 0 saturated heterocycles. The van der Waals surface area contributed by atoms with Crippen LogP contribution in [0.15, 0.2) is 54.6 Å². The van der Waals surface area contributed by atoms with Gasteiger partial charge in [-0.1, -0.05) is 54.6 Å². The summed E-state index contributed by atoms with van der Waals surface area (Å²) in [5.41, 5.74) is 1.36. The molecule has 0 aliphatic heterocycles. The Morgan fingerprint density at radius 2 is 1.76 bits per heavy atom. The molecular formula is C16H13N2O3. The molecule has 105 valence electrons. The van der Waals surface area contributed by atoms with Crippen molar-refractivity contribution in [2.24, 2.45) is 0 Å². The second kappa shape index (κ2) is 7.00. The van der Waals surface area contributed by atoms with E-state index in [-0.39, 0.29) is 18.0 Å². The minimum Gasteiger partial charge on any atom is -0.444 e. The first-order valence-corrected chi connectivity index (χ1v) is 6.24. The van der Waals surface area contributed by atoms with E-state index in [2.05, 4.69) is 5.32 Å². The molecule has 0 spiro atoms. The maximum Gasteiger partial charge on any atom is 0.413 e. The van der Waals surface area contributed by atoms with Crippen molar-refractivity contribution in [3.63, 3.8) is 0 Å². The van der Waals surface area contributed by atoms with Crippen LogP contribution in [0.1, 0.15) is 16.7 Å². The van der Waals surface area contributed by atoms with Gasteiger partial charge in [0.05, 0.1) is 0 Å². The van der Waals surface area contributed by atoms with Crippen LogP contribution >= 0.6 is 0 Å². The van der Waals surface area contributed by atoms with Gasteiger partial charge in [-0.2, -0.15) is 0 Å². The molecule has 0 aromatic heterocycles. The lowest BCUT2D eigenvalue weighted by Gasteiger charge is -2.09. The van der Waals surface area contributed by atoms with Crippen molar-refractivity contribution < 1.29 is 14.3 Å². The number of nitrogens with one attached hydrogen (secondary N) is 2. The number of carbonyl (C=O) groups is 1. The van der Waals surface area contributed by atoms with Crippen LogP contribution in [0.5, 0.6) is 0 Å². The lowest BCUT2D eigenvalue weighted by molar-refractivity contribution is 0.145. The Balaban J connectivity index is 1.93. The van der Waals surface area contributed by atoms with Crippen LogP contribution in [0.4, 0.5) is 4.79 Å². The summed E-state index contributed by atoms with van der Waals surface area (Å²) in [7, 11) is 0. The van der Waals surface area contributed by atoms with Gasteiger partial charge in [0.25, 0.3) is 0 Å². The number of hydrogen-bond donors (Lipinski definition) is 2. The quantitative estimate of drug-likeness (QED) is 0.667. The third-order valence-corrected chi connectivity index (χ3v) is 2.75. The van der Waals surface area contributed by atoms with Gasteiger partial charge in [-0.05, 0) is 5.56 Å². The zero-order valence-corrected chi connectivity index (χ0v) is 11.1. The summed E-state index contributed by atoms with van der Waals surface area (Å²) in [5, 5.41) is 10.1. The van der Waals surface area contributed by atoms with Gasteiger partial charge in [0.2, 0.25) is 6.29 Å². The highest BCUT2D eigenvalue weighted by Gasteiger charge is 2.11. The highest BCUT2D eigenvalue weighted by Crippen LogP contribution is 2.06. The van der Waals surface area contributed by atoms with Gasteiger partial charge in [0, 0.05) is 11.1 Å². The van der Waals surface area contributed by atoms with Crippen LogP contribution < -0.4 is 5.32 Å². The minimum atomic E-state index is -0.746. The maximum absolute atomic E-state index is 11.6. The zero-order valence-electron chi connectivity index (χ0n) is 11.1. The Labute approximate surface area is 122 Å². The summed E-state index contributed by atoms with van der Waals surface area (Å²) in [4.78, 5) is 22.4. The van der Waals surface area contributed by atoms with E-state index in [0.29, 0.717) is 5.56 Å². The molecule has 0 heterocycles. The zero-order chi connectivity index (χ0) is 15.1. The van der Waals surface area contributed by atoms with E-state index in [1.807, 2.05) is 30.3 Å². The lowest BCUT2D eigenvalue weighted by Crippen LogP contribution is -2.31. The Kier molecular flexibility index (Phi) is 4.82. The molecule has 2 aromatic rings. The van der Waals surface area contributed by atoms with Crippen LogP contribution in [0.2, 0.25) is 0 Å². The van der Waals surface area contributed by atoms with Crippen molar-refractivity contribution in [2.45, 2.75) is 6.61 Å². The SMILES string of the molecule is N=C(NC(=O)OCc1ccccc1)c1ccccc1[C]=O. The molecule has 0 aliphatic carbocycles. The van der Waals surface area contributed by atoms with Gasteiger partial charge in [-0.25, -0.2) is 4.79 Å². The van der Waals surface area contributed by atoms with E-state index in [9.17, 15) is 9.59 Å². The van der Waals surface area contributed by atoms with Gasteiger partial charge in [0.1, 0.15) is 12.4 Å². The number of hydrogen-bond acceptors (Lipinski definition) is 4. The monoisotopic (exact) mass is 281 g/mol. The van der Waals surface area contributed by atoms with E-state index in [4.69, 9.17) is 10.1 Å². The molecule has 5 nitrogen and oxygen atoms in total. The molecule has 5 heteroatoms. The Morgan fingerprint density at radius 3 is 2.48 bits per heavy atom. The van der Waals surface area contributed by atoms with Gasteiger partial charge < -0.3 is 4.74 Å². The van der Waals surface area contributed by atoms with Crippen LogP contribution in [0, 0.1) is 5.41 Å². The van der Waals surface area contributed by atoms with Gasteiger partial charge in [0.15, 0.2) is 0 Å². The average Bonchev–Trinajstić information content (AvgIpc) is 2.53. The normalized spacial score (nSPS) is 9.71. The van der Waals surface area contributed by atoms with E-state index in [1.54, 1.807) is 24.5 Å². The fourth-order valence-electron chi connectivity index (χ4n) is 1.72. The third-order valence-electron chi connectivity index (χ3n) is 2.75. The highest BCUT2D eigenvalue weighted by atomic mass is 16.5. The first kappa shape index (κ1) is 14.5. The summed E-state index contributed by atoms with van der Waals surface area (Å²) >= 11 is 0. The number of rotatable bonds is 4. The maximum atomic E-state index is 11.6. The molecule has 0 saturated carbocycles. The summed E-state index contributed by atoms with van der Waals surface area (Å²) in [5.74, 6) is -0.202. The Bertz CT molecular complexity index is 654. The molecule has 0 unspecified atom stereocenters. The van der Waals surface area contributed by atoms with Crippen molar-refractivity contribution in [1.29, 1.82) is 5.41 Å². The molecule has 0 aliphatic rings. The third kappa shape index (κ3) is 4.01. The lowest BCUT2D eigenvalue weighted by atomic mass is 10.1. The first-order valence-electron chi connectivity index (χ1n) is 6.24. The Hall–Kier alpha value is -2.95. The largest absolute Gasteiger partial charge is 0.444 e. The van der Waals surface area contributed by atoms with Crippen LogP contribution in [-0.2, 0) is 16.1 Å². The standard InChI is InChI=1S/C16H13N2O3/c17-15(14-9-5-4-8-13(14)10-19)18-16(20)21-11-12-6-2-1-3-7-12/h1-9H,11H2,(H2,17,18,20). The van der Waals surface area contributed by atoms with E-state index in [1.165, 1.54) is 6.07 Å². The Morgan fingerprint density at radius 1 is 1.10 bits per heavy atom. The number of benzene rings is 2. The average molecular weight is 281 g/mol. The molecule has 0 atom stereocenters. The fraction of sp³-hybridized carbons (Fsp3) is 0.0625. The van der Waals surface area contributed by atoms with Crippen LogP contribution in [-0.4, -0.2) is 18.2 Å². The number of amidine groups is 1. The predicted molar refractivity (Wildman–Crippen MR) is 77.8 cm³/mol. The first-order chi connectivity index (χ1) is 10.2. The van der Waals surface area contributed by atoms with Crippen LogP contribution in [0.3, 0.4) is 0 Å².